The molecule has 0 saturated carbocycles. The van der Waals surface area contributed by atoms with Crippen LogP contribution < -0.4 is 5.01 Å². The van der Waals surface area contributed by atoms with Gasteiger partial charge in [0.15, 0.2) is 0 Å². The molecule has 1 aliphatic rings. The van der Waals surface area contributed by atoms with Crippen molar-refractivity contribution in [3.63, 3.8) is 0 Å². The Morgan fingerprint density at radius 3 is 2.95 bits per heavy atom. The second kappa shape index (κ2) is 5.61. The summed E-state index contributed by atoms with van der Waals surface area (Å²) in [5.74, 6) is -0.285. The molecule has 0 aliphatic carbocycles. The van der Waals surface area contributed by atoms with E-state index < -0.39 is 5.60 Å². The lowest BCUT2D eigenvalue weighted by molar-refractivity contribution is -0.162. The van der Waals surface area contributed by atoms with Gasteiger partial charge in [-0.3, -0.25) is 9.69 Å². The van der Waals surface area contributed by atoms with E-state index in [4.69, 9.17) is 4.74 Å². The van der Waals surface area contributed by atoms with E-state index in [1.165, 1.54) is 0 Å². The number of carbonyl (C=O) groups excluding carboxylic acids is 1. The summed E-state index contributed by atoms with van der Waals surface area (Å²) >= 11 is 0. The summed E-state index contributed by atoms with van der Waals surface area (Å²) < 4.78 is 7.22. The van der Waals surface area contributed by atoms with E-state index in [-0.39, 0.29) is 18.6 Å². The average molecular weight is 267 g/mol. The van der Waals surface area contributed by atoms with Crippen LogP contribution in [0.5, 0.6) is 0 Å². The highest BCUT2D eigenvalue weighted by Crippen LogP contribution is 2.19. The number of aliphatic hydroxyl groups is 1. The number of nitrogens with zero attached hydrogens (tertiary/aromatic N) is 3. The molecule has 1 fully saturated rings. The maximum atomic E-state index is 12.3. The normalized spacial score (nSPS) is 20.4. The van der Waals surface area contributed by atoms with E-state index in [2.05, 4.69) is 4.98 Å². The number of imidazole rings is 1. The van der Waals surface area contributed by atoms with Gasteiger partial charge < -0.3 is 9.84 Å². The van der Waals surface area contributed by atoms with Crippen LogP contribution in [0.15, 0.2) is 18.7 Å². The van der Waals surface area contributed by atoms with Crippen molar-refractivity contribution < 1.29 is 14.6 Å². The van der Waals surface area contributed by atoms with E-state index in [0.717, 1.165) is 25.8 Å². The Morgan fingerprint density at radius 1 is 1.53 bits per heavy atom. The molecule has 2 rings (SSSR count). The Labute approximate surface area is 113 Å². The molecule has 0 radical (unpaired) electrons. The molecule has 1 unspecified atom stereocenters. The van der Waals surface area contributed by atoms with Crippen molar-refractivity contribution in [1.82, 2.24) is 9.66 Å². The largest absolute Gasteiger partial charge is 0.456 e. The van der Waals surface area contributed by atoms with Crippen molar-refractivity contribution in [2.75, 3.05) is 18.2 Å². The van der Waals surface area contributed by atoms with E-state index in [1.54, 1.807) is 26.4 Å². The zero-order chi connectivity index (χ0) is 13.9. The van der Waals surface area contributed by atoms with Gasteiger partial charge in [-0.05, 0) is 33.1 Å². The summed E-state index contributed by atoms with van der Waals surface area (Å²) in [6, 6.07) is -0.311. The number of ether oxygens (including phenoxy) is 1. The van der Waals surface area contributed by atoms with Crippen molar-refractivity contribution in [3.05, 3.63) is 18.7 Å². The smallest absolute Gasteiger partial charge is 0.331 e. The van der Waals surface area contributed by atoms with Crippen molar-refractivity contribution in [1.29, 1.82) is 0 Å². The lowest BCUT2D eigenvalue weighted by Crippen LogP contribution is -2.52. The second-order valence-corrected chi connectivity index (χ2v) is 5.46. The van der Waals surface area contributed by atoms with Gasteiger partial charge in [0, 0.05) is 18.9 Å². The first-order chi connectivity index (χ1) is 9.03. The fourth-order valence-corrected chi connectivity index (χ4v) is 2.21. The van der Waals surface area contributed by atoms with E-state index >= 15 is 0 Å². The fourth-order valence-electron chi connectivity index (χ4n) is 2.21. The van der Waals surface area contributed by atoms with Crippen LogP contribution in [0.3, 0.4) is 0 Å². The van der Waals surface area contributed by atoms with Crippen molar-refractivity contribution >= 4 is 5.97 Å². The second-order valence-electron chi connectivity index (χ2n) is 5.46. The lowest BCUT2D eigenvalue weighted by Gasteiger charge is -2.37. The summed E-state index contributed by atoms with van der Waals surface area (Å²) in [5.41, 5.74) is -0.838. The minimum absolute atomic E-state index is 0.184. The highest BCUT2D eigenvalue weighted by Gasteiger charge is 2.33. The van der Waals surface area contributed by atoms with Gasteiger partial charge in [0.05, 0.1) is 6.61 Å². The van der Waals surface area contributed by atoms with Gasteiger partial charge in [-0.25, -0.2) is 9.78 Å². The van der Waals surface area contributed by atoms with Crippen LogP contribution in [0.1, 0.15) is 33.1 Å². The Hall–Kier alpha value is -1.56. The van der Waals surface area contributed by atoms with E-state index in [9.17, 15) is 9.90 Å². The number of hydrogen-bond acceptors (Lipinski definition) is 5. The van der Waals surface area contributed by atoms with Crippen molar-refractivity contribution in [2.45, 2.75) is 44.8 Å². The summed E-state index contributed by atoms with van der Waals surface area (Å²) in [6.45, 7) is 4.02. The monoisotopic (exact) mass is 267 g/mol. The number of aromatic nitrogens is 2. The van der Waals surface area contributed by atoms with E-state index in [1.807, 2.05) is 15.9 Å². The van der Waals surface area contributed by atoms with Gasteiger partial charge in [-0.2, -0.15) is 0 Å². The predicted octanol–water partition coefficient (Wildman–Crippen LogP) is 0.688. The van der Waals surface area contributed by atoms with Crippen LogP contribution >= 0.6 is 0 Å². The zero-order valence-corrected chi connectivity index (χ0v) is 11.5. The SMILES string of the molecule is CC(C)(CO)OC(=O)C1CCCCN1n1ccnc1. The third-order valence-electron chi connectivity index (χ3n) is 3.29. The summed E-state index contributed by atoms with van der Waals surface area (Å²) in [7, 11) is 0. The molecule has 1 N–H and O–H groups in total. The molecule has 0 aromatic carbocycles. The van der Waals surface area contributed by atoms with Gasteiger partial charge in [-0.15, -0.1) is 0 Å². The molecule has 1 saturated heterocycles. The Morgan fingerprint density at radius 2 is 2.32 bits per heavy atom. The zero-order valence-electron chi connectivity index (χ0n) is 11.5. The lowest BCUT2D eigenvalue weighted by atomic mass is 10.0. The summed E-state index contributed by atoms with van der Waals surface area (Å²) in [5, 5.41) is 11.1. The van der Waals surface area contributed by atoms with Crippen LogP contribution in [0.25, 0.3) is 0 Å². The average Bonchev–Trinajstić information content (AvgIpc) is 2.92. The molecule has 6 nitrogen and oxygen atoms in total. The van der Waals surface area contributed by atoms with Crippen molar-refractivity contribution in [2.24, 2.45) is 0 Å². The summed E-state index contributed by atoms with van der Waals surface area (Å²) in [6.07, 6.45) is 8.01. The standard InChI is InChI=1S/C13H21N3O3/c1-13(2,9-17)19-12(18)11-5-3-4-7-16(11)15-8-6-14-10-15/h6,8,10-11,17H,3-5,7,9H2,1-2H3. The highest BCUT2D eigenvalue weighted by molar-refractivity contribution is 5.78. The molecule has 1 aromatic rings. The van der Waals surface area contributed by atoms with Gasteiger partial charge in [0.1, 0.15) is 18.0 Å². The molecule has 1 aromatic heterocycles. The minimum atomic E-state index is -0.838. The molecule has 1 atom stereocenters. The number of esters is 1. The third kappa shape index (κ3) is 3.26. The molecular weight excluding hydrogens is 246 g/mol. The minimum Gasteiger partial charge on any atom is -0.456 e. The number of rotatable bonds is 4. The van der Waals surface area contributed by atoms with Gasteiger partial charge in [-0.1, -0.05) is 0 Å². The first-order valence-corrected chi connectivity index (χ1v) is 6.62. The molecule has 6 heteroatoms. The Bertz CT molecular complexity index is 417. The fraction of sp³-hybridized carbons (Fsp3) is 0.692. The summed E-state index contributed by atoms with van der Waals surface area (Å²) in [4.78, 5) is 16.3. The maximum absolute atomic E-state index is 12.3. The molecule has 19 heavy (non-hydrogen) atoms. The Kier molecular flexibility index (Phi) is 4.09. The molecule has 0 spiro atoms. The van der Waals surface area contributed by atoms with Crippen molar-refractivity contribution in [3.8, 4) is 0 Å². The van der Waals surface area contributed by atoms with Crippen LogP contribution in [0.2, 0.25) is 0 Å². The predicted molar refractivity (Wildman–Crippen MR) is 70.2 cm³/mol. The number of aliphatic hydroxyl groups excluding tert-OH is 1. The first kappa shape index (κ1) is 13.9. The topological polar surface area (TPSA) is 67.6 Å². The van der Waals surface area contributed by atoms with Crippen LogP contribution in [-0.4, -0.2) is 45.5 Å². The van der Waals surface area contributed by atoms with Gasteiger partial charge in [0.2, 0.25) is 0 Å². The molecular formula is C13H21N3O3. The van der Waals surface area contributed by atoms with Crippen LogP contribution in [0.4, 0.5) is 0 Å². The molecule has 106 valence electrons. The van der Waals surface area contributed by atoms with Gasteiger partial charge >= 0.3 is 5.97 Å². The Balaban J connectivity index is 2.09. The van der Waals surface area contributed by atoms with Crippen LogP contribution in [-0.2, 0) is 9.53 Å². The van der Waals surface area contributed by atoms with Gasteiger partial charge in [0.25, 0.3) is 0 Å². The first-order valence-electron chi connectivity index (χ1n) is 6.62. The number of carbonyl (C=O) groups is 1. The van der Waals surface area contributed by atoms with E-state index in [0.29, 0.717) is 0 Å². The highest BCUT2D eigenvalue weighted by atomic mass is 16.6. The molecule has 2 heterocycles. The molecule has 0 bridgehead atoms. The number of piperidine rings is 1. The molecule has 1 aliphatic heterocycles. The maximum Gasteiger partial charge on any atom is 0.331 e. The van der Waals surface area contributed by atoms with Crippen LogP contribution in [0, 0.1) is 0 Å². The number of hydrogen-bond donors (Lipinski definition) is 1. The molecule has 0 amide bonds. The third-order valence-corrected chi connectivity index (χ3v) is 3.29. The quantitative estimate of drug-likeness (QED) is 0.813.